The molecule has 1 atom stereocenters. The summed E-state index contributed by atoms with van der Waals surface area (Å²) in [6.07, 6.45) is 0.391. The lowest BCUT2D eigenvalue weighted by atomic mass is 10.0. The van der Waals surface area contributed by atoms with Crippen LogP contribution in [0.3, 0.4) is 0 Å². The summed E-state index contributed by atoms with van der Waals surface area (Å²) in [5, 5.41) is 0. The lowest BCUT2D eigenvalue weighted by Gasteiger charge is -2.11. The van der Waals surface area contributed by atoms with E-state index in [1.807, 2.05) is 24.3 Å². The van der Waals surface area contributed by atoms with Crippen molar-refractivity contribution in [3.05, 3.63) is 34.3 Å². The van der Waals surface area contributed by atoms with Crippen molar-refractivity contribution in [3.63, 3.8) is 0 Å². The first-order chi connectivity index (χ1) is 6.11. The number of hydrogen-bond donors (Lipinski definition) is 1. The van der Waals surface area contributed by atoms with Gasteiger partial charge in [0.1, 0.15) is 5.78 Å². The van der Waals surface area contributed by atoms with Crippen LogP contribution >= 0.6 is 15.9 Å². The third-order valence-corrected chi connectivity index (χ3v) is 2.53. The van der Waals surface area contributed by atoms with E-state index >= 15 is 0 Å². The highest BCUT2D eigenvalue weighted by atomic mass is 79.9. The van der Waals surface area contributed by atoms with Crippen molar-refractivity contribution in [2.75, 3.05) is 0 Å². The summed E-state index contributed by atoms with van der Waals surface area (Å²) >= 11 is 3.40. The minimum absolute atomic E-state index is 0.114. The Morgan fingerprint density at radius 2 is 2.15 bits per heavy atom. The summed E-state index contributed by atoms with van der Waals surface area (Å²) in [5.41, 5.74) is 6.83. The van der Waals surface area contributed by atoms with Crippen LogP contribution in [0.15, 0.2) is 28.7 Å². The summed E-state index contributed by atoms with van der Waals surface area (Å²) in [6, 6.07) is 7.49. The average Bonchev–Trinajstić information content (AvgIpc) is 2.03. The third kappa shape index (κ3) is 2.94. The monoisotopic (exact) mass is 241 g/mol. The van der Waals surface area contributed by atoms with Crippen molar-refractivity contribution in [2.45, 2.75) is 19.4 Å². The molecule has 13 heavy (non-hydrogen) atoms. The molecular formula is C10H12BrNO. The molecule has 1 rings (SSSR count). The lowest BCUT2D eigenvalue weighted by Crippen LogP contribution is -2.14. The highest BCUT2D eigenvalue weighted by Gasteiger charge is 2.10. The van der Waals surface area contributed by atoms with E-state index in [4.69, 9.17) is 5.73 Å². The summed E-state index contributed by atoms with van der Waals surface area (Å²) in [6.45, 7) is 1.55. The molecule has 1 unspecified atom stereocenters. The largest absolute Gasteiger partial charge is 0.324 e. The Morgan fingerprint density at radius 3 is 2.69 bits per heavy atom. The number of benzene rings is 1. The van der Waals surface area contributed by atoms with Crippen molar-refractivity contribution in [2.24, 2.45) is 5.73 Å². The number of hydrogen-bond acceptors (Lipinski definition) is 2. The summed E-state index contributed by atoms with van der Waals surface area (Å²) in [4.78, 5) is 10.8. The van der Waals surface area contributed by atoms with Crippen LogP contribution in [-0.4, -0.2) is 5.78 Å². The fraction of sp³-hybridized carbons (Fsp3) is 0.300. The fourth-order valence-corrected chi connectivity index (χ4v) is 1.77. The molecule has 0 saturated heterocycles. The molecular weight excluding hydrogens is 230 g/mol. The highest BCUT2D eigenvalue weighted by Crippen LogP contribution is 2.23. The Labute approximate surface area is 86.3 Å². The normalized spacial score (nSPS) is 12.5. The molecule has 0 heterocycles. The molecule has 0 spiro atoms. The number of ketones is 1. The zero-order valence-electron chi connectivity index (χ0n) is 7.46. The van der Waals surface area contributed by atoms with Gasteiger partial charge in [-0.2, -0.15) is 0 Å². The fourth-order valence-electron chi connectivity index (χ4n) is 1.20. The van der Waals surface area contributed by atoms with Crippen LogP contribution in [-0.2, 0) is 4.79 Å². The Morgan fingerprint density at radius 1 is 1.54 bits per heavy atom. The van der Waals surface area contributed by atoms with Crippen LogP contribution in [0.4, 0.5) is 0 Å². The standard InChI is InChI=1S/C10H12BrNO/c1-7(13)6-10(12)8-4-2-3-5-9(8)11/h2-5,10H,6,12H2,1H3. The first kappa shape index (κ1) is 10.4. The van der Waals surface area contributed by atoms with Gasteiger partial charge >= 0.3 is 0 Å². The number of nitrogens with two attached hydrogens (primary N) is 1. The van der Waals surface area contributed by atoms with E-state index in [2.05, 4.69) is 15.9 Å². The van der Waals surface area contributed by atoms with Crippen LogP contribution in [0.2, 0.25) is 0 Å². The molecule has 1 aromatic carbocycles. The third-order valence-electron chi connectivity index (χ3n) is 1.81. The molecule has 2 nitrogen and oxygen atoms in total. The molecule has 0 aromatic heterocycles. The molecule has 3 heteroatoms. The SMILES string of the molecule is CC(=O)CC(N)c1ccccc1Br. The number of carbonyl (C=O) groups excluding carboxylic acids is 1. The smallest absolute Gasteiger partial charge is 0.131 e. The molecule has 0 saturated carbocycles. The first-order valence-corrected chi connectivity index (χ1v) is 4.90. The van der Waals surface area contributed by atoms with Gasteiger partial charge in [0.2, 0.25) is 0 Å². The maximum atomic E-state index is 10.8. The van der Waals surface area contributed by atoms with Crippen LogP contribution in [0.5, 0.6) is 0 Å². The molecule has 0 aliphatic heterocycles. The van der Waals surface area contributed by atoms with Gasteiger partial charge in [0.15, 0.2) is 0 Å². The molecule has 0 bridgehead atoms. The van der Waals surface area contributed by atoms with Crippen LogP contribution in [0.1, 0.15) is 24.9 Å². The van der Waals surface area contributed by atoms with Crippen molar-refractivity contribution in [1.82, 2.24) is 0 Å². The van der Waals surface area contributed by atoms with Gasteiger partial charge in [0, 0.05) is 16.9 Å². The van der Waals surface area contributed by atoms with Crippen LogP contribution < -0.4 is 5.73 Å². The Balaban J connectivity index is 2.82. The number of rotatable bonds is 3. The second kappa shape index (κ2) is 4.53. The molecule has 0 aliphatic carbocycles. The second-order valence-corrected chi connectivity index (χ2v) is 3.89. The van der Waals surface area contributed by atoms with Gasteiger partial charge in [0.05, 0.1) is 0 Å². The van der Waals surface area contributed by atoms with Gasteiger partial charge in [-0.3, -0.25) is 4.79 Å². The van der Waals surface area contributed by atoms with E-state index < -0.39 is 0 Å². The summed E-state index contributed by atoms with van der Waals surface area (Å²) < 4.78 is 0.962. The zero-order valence-corrected chi connectivity index (χ0v) is 9.04. The van der Waals surface area contributed by atoms with E-state index in [0.29, 0.717) is 6.42 Å². The minimum atomic E-state index is -0.201. The quantitative estimate of drug-likeness (QED) is 0.884. The van der Waals surface area contributed by atoms with Gasteiger partial charge < -0.3 is 5.73 Å². The maximum absolute atomic E-state index is 10.8. The maximum Gasteiger partial charge on any atom is 0.131 e. The Kier molecular flexibility index (Phi) is 3.63. The topological polar surface area (TPSA) is 43.1 Å². The molecule has 0 fully saturated rings. The van der Waals surface area contributed by atoms with Gasteiger partial charge in [-0.1, -0.05) is 34.1 Å². The molecule has 1 aromatic rings. The van der Waals surface area contributed by atoms with Crippen LogP contribution in [0.25, 0.3) is 0 Å². The first-order valence-electron chi connectivity index (χ1n) is 4.10. The average molecular weight is 242 g/mol. The second-order valence-electron chi connectivity index (χ2n) is 3.03. The summed E-state index contributed by atoms with van der Waals surface area (Å²) in [7, 11) is 0. The van der Waals surface area contributed by atoms with E-state index in [1.165, 1.54) is 0 Å². The molecule has 2 N–H and O–H groups in total. The molecule has 0 aliphatic rings. The molecule has 70 valence electrons. The van der Waals surface area contributed by atoms with Gasteiger partial charge in [-0.25, -0.2) is 0 Å². The highest BCUT2D eigenvalue weighted by molar-refractivity contribution is 9.10. The predicted octanol–water partition coefficient (Wildman–Crippen LogP) is 2.43. The summed E-state index contributed by atoms with van der Waals surface area (Å²) in [5.74, 6) is 0.114. The van der Waals surface area contributed by atoms with Crippen molar-refractivity contribution >= 4 is 21.7 Å². The van der Waals surface area contributed by atoms with Crippen molar-refractivity contribution < 1.29 is 4.79 Å². The van der Waals surface area contributed by atoms with E-state index in [0.717, 1.165) is 10.0 Å². The number of Topliss-reactive ketones (excluding diaryl/α,β-unsaturated/α-hetero) is 1. The lowest BCUT2D eigenvalue weighted by molar-refractivity contribution is -0.117. The van der Waals surface area contributed by atoms with Crippen molar-refractivity contribution in [1.29, 1.82) is 0 Å². The molecule has 0 amide bonds. The van der Waals surface area contributed by atoms with Gasteiger partial charge in [0.25, 0.3) is 0 Å². The Bertz CT molecular complexity index is 312. The van der Waals surface area contributed by atoms with Gasteiger partial charge in [-0.05, 0) is 18.6 Å². The predicted molar refractivity (Wildman–Crippen MR) is 56.4 cm³/mol. The molecule has 0 radical (unpaired) electrons. The van der Waals surface area contributed by atoms with Crippen molar-refractivity contribution in [3.8, 4) is 0 Å². The Hall–Kier alpha value is -0.670. The number of carbonyl (C=O) groups is 1. The zero-order chi connectivity index (χ0) is 9.84. The minimum Gasteiger partial charge on any atom is -0.324 e. The van der Waals surface area contributed by atoms with Gasteiger partial charge in [-0.15, -0.1) is 0 Å². The number of halogens is 1. The van der Waals surface area contributed by atoms with E-state index in [1.54, 1.807) is 6.92 Å². The van der Waals surface area contributed by atoms with E-state index in [-0.39, 0.29) is 11.8 Å². The van der Waals surface area contributed by atoms with Crippen LogP contribution in [0, 0.1) is 0 Å². The van der Waals surface area contributed by atoms with E-state index in [9.17, 15) is 4.79 Å².